The zero-order valence-electron chi connectivity index (χ0n) is 8.15. The van der Waals surface area contributed by atoms with Gasteiger partial charge < -0.3 is 0 Å². The molecule has 0 heteroatoms. The van der Waals surface area contributed by atoms with Crippen LogP contribution in [0, 0.1) is 0 Å². The molecule has 1 aliphatic rings. The lowest BCUT2D eigenvalue weighted by Gasteiger charge is -1.87. The Morgan fingerprint density at radius 3 is 1.77 bits per heavy atom. The van der Waals surface area contributed by atoms with E-state index in [-0.39, 0.29) is 0 Å². The topological polar surface area (TPSA) is 0 Å². The lowest BCUT2D eigenvalue weighted by molar-refractivity contribution is 1.00. The molecule has 0 unspecified atom stereocenters. The summed E-state index contributed by atoms with van der Waals surface area (Å²) in [5, 5.41) is 0. The van der Waals surface area contributed by atoms with Gasteiger partial charge in [0.1, 0.15) is 0 Å². The van der Waals surface area contributed by atoms with Crippen LogP contribution in [0.4, 0.5) is 0 Å². The molecule has 0 aromatic carbocycles. The third-order valence-corrected chi connectivity index (χ3v) is 1.99. The Labute approximate surface area is 81.4 Å². The molecule has 0 aromatic heterocycles. The van der Waals surface area contributed by atoms with Crippen LogP contribution in [0.5, 0.6) is 0 Å². The van der Waals surface area contributed by atoms with E-state index >= 15 is 0 Å². The molecule has 70 valence electrons. The number of allylic oxidation sites excluding steroid dienone is 8. The summed E-state index contributed by atoms with van der Waals surface area (Å²) in [7, 11) is 0. The fraction of sp³-hybridized carbons (Fsp3) is 0.385. The van der Waals surface area contributed by atoms with Gasteiger partial charge in [0.05, 0.1) is 0 Å². The smallest absolute Gasteiger partial charge is 0.0166 e. The molecule has 0 heterocycles. The van der Waals surface area contributed by atoms with Gasteiger partial charge >= 0.3 is 0 Å². The standard InChI is InChI=1S/C13H18/c1-2-4-6-8-10-12-13-11-9-7-5-3-1/h1-4,7,9-10,12H,5-6,8,11,13H2/b3-1+,4-2+,9-7-,12-10+. The van der Waals surface area contributed by atoms with E-state index in [0.29, 0.717) is 0 Å². The van der Waals surface area contributed by atoms with Gasteiger partial charge in [-0.05, 0) is 32.1 Å². The largest absolute Gasteiger partial charge is 0.0882 e. The van der Waals surface area contributed by atoms with E-state index in [2.05, 4.69) is 48.6 Å². The molecule has 0 radical (unpaired) electrons. The van der Waals surface area contributed by atoms with E-state index in [1.165, 1.54) is 19.3 Å². The van der Waals surface area contributed by atoms with Gasteiger partial charge in [-0.15, -0.1) is 0 Å². The van der Waals surface area contributed by atoms with Crippen LogP contribution in [0.2, 0.25) is 0 Å². The van der Waals surface area contributed by atoms with Crippen molar-refractivity contribution >= 4 is 0 Å². The van der Waals surface area contributed by atoms with Crippen molar-refractivity contribution in [2.24, 2.45) is 0 Å². The van der Waals surface area contributed by atoms with Gasteiger partial charge in [0.15, 0.2) is 0 Å². The van der Waals surface area contributed by atoms with Crippen molar-refractivity contribution in [1.29, 1.82) is 0 Å². The highest BCUT2D eigenvalue weighted by atomic mass is 13.9. The van der Waals surface area contributed by atoms with Crippen molar-refractivity contribution in [2.75, 3.05) is 0 Å². The predicted octanol–water partition coefficient (Wildman–Crippen LogP) is 4.18. The van der Waals surface area contributed by atoms with Crippen LogP contribution in [0.25, 0.3) is 0 Å². The molecule has 0 bridgehead atoms. The fourth-order valence-electron chi connectivity index (χ4n) is 1.25. The van der Waals surface area contributed by atoms with Crippen molar-refractivity contribution in [1.82, 2.24) is 0 Å². The van der Waals surface area contributed by atoms with Crippen LogP contribution in [0.1, 0.15) is 32.1 Å². The summed E-state index contributed by atoms with van der Waals surface area (Å²) in [6.45, 7) is 0. The fourth-order valence-corrected chi connectivity index (χ4v) is 1.25. The summed E-state index contributed by atoms with van der Waals surface area (Å²) in [6, 6.07) is 0. The SMILES string of the molecule is C1=C\CC/C=C/CC/C=C/C=C/C/1. The minimum atomic E-state index is 1.06. The summed E-state index contributed by atoms with van der Waals surface area (Å²) in [6.07, 6.45) is 23.5. The second-order valence-corrected chi connectivity index (χ2v) is 3.19. The van der Waals surface area contributed by atoms with Gasteiger partial charge in [-0.3, -0.25) is 0 Å². The lowest BCUT2D eigenvalue weighted by atomic mass is 10.2. The molecule has 0 aromatic rings. The molecule has 0 atom stereocenters. The quantitative estimate of drug-likeness (QED) is 0.483. The minimum absolute atomic E-state index is 1.06. The van der Waals surface area contributed by atoms with Gasteiger partial charge in [-0.1, -0.05) is 48.6 Å². The summed E-state index contributed by atoms with van der Waals surface area (Å²) < 4.78 is 0. The average molecular weight is 174 g/mol. The third kappa shape index (κ3) is 6.15. The van der Waals surface area contributed by atoms with Crippen molar-refractivity contribution in [2.45, 2.75) is 32.1 Å². The average Bonchev–Trinajstić information content (AvgIpc) is 2.18. The molecule has 1 rings (SSSR count). The first-order chi connectivity index (χ1) is 6.50. The Kier molecular flexibility index (Phi) is 5.87. The second kappa shape index (κ2) is 7.60. The summed E-state index contributed by atoms with van der Waals surface area (Å²) in [5.41, 5.74) is 0. The van der Waals surface area contributed by atoms with E-state index in [4.69, 9.17) is 0 Å². The van der Waals surface area contributed by atoms with E-state index in [0.717, 1.165) is 12.8 Å². The molecule has 0 amide bonds. The molecular formula is C13H18. The molecule has 0 nitrogen and oxygen atoms in total. The maximum absolute atomic E-state index is 2.28. The minimum Gasteiger partial charge on any atom is -0.0882 e. The highest BCUT2D eigenvalue weighted by Gasteiger charge is 1.79. The van der Waals surface area contributed by atoms with Crippen LogP contribution in [-0.2, 0) is 0 Å². The Bertz CT molecular complexity index is 216. The normalized spacial score (nSPS) is 28.9. The maximum atomic E-state index is 2.28. The van der Waals surface area contributed by atoms with Gasteiger partial charge in [0.2, 0.25) is 0 Å². The van der Waals surface area contributed by atoms with Crippen molar-refractivity contribution in [3.63, 3.8) is 0 Å². The molecule has 13 heavy (non-hydrogen) atoms. The first-order valence-corrected chi connectivity index (χ1v) is 5.12. The van der Waals surface area contributed by atoms with E-state index in [1.807, 2.05) is 0 Å². The Hall–Kier alpha value is -1.04. The maximum Gasteiger partial charge on any atom is -0.0166 e. The molecule has 0 aliphatic heterocycles. The van der Waals surface area contributed by atoms with Gasteiger partial charge in [0, 0.05) is 0 Å². The van der Waals surface area contributed by atoms with Gasteiger partial charge in [-0.25, -0.2) is 0 Å². The Balaban J connectivity index is 2.38. The van der Waals surface area contributed by atoms with E-state index in [1.54, 1.807) is 0 Å². The van der Waals surface area contributed by atoms with Crippen LogP contribution >= 0.6 is 0 Å². The molecule has 0 spiro atoms. The second-order valence-electron chi connectivity index (χ2n) is 3.19. The van der Waals surface area contributed by atoms with Crippen molar-refractivity contribution < 1.29 is 0 Å². The first-order valence-electron chi connectivity index (χ1n) is 5.12. The molecule has 0 fully saturated rings. The zero-order valence-corrected chi connectivity index (χ0v) is 8.15. The van der Waals surface area contributed by atoms with Gasteiger partial charge in [-0.2, -0.15) is 0 Å². The van der Waals surface area contributed by atoms with Crippen molar-refractivity contribution in [3.8, 4) is 0 Å². The number of hydrogen-bond acceptors (Lipinski definition) is 0. The molecule has 0 N–H and O–H groups in total. The first kappa shape index (κ1) is 10.0. The van der Waals surface area contributed by atoms with Crippen LogP contribution in [-0.4, -0.2) is 0 Å². The highest BCUT2D eigenvalue weighted by Crippen LogP contribution is 2.00. The van der Waals surface area contributed by atoms with Crippen LogP contribution < -0.4 is 0 Å². The summed E-state index contributed by atoms with van der Waals surface area (Å²) in [4.78, 5) is 0. The number of rotatable bonds is 0. The number of hydrogen-bond donors (Lipinski definition) is 0. The Morgan fingerprint density at radius 2 is 1.00 bits per heavy atom. The summed E-state index contributed by atoms with van der Waals surface area (Å²) in [5.74, 6) is 0. The van der Waals surface area contributed by atoms with E-state index < -0.39 is 0 Å². The molecule has 1 aliphatic carbocycles. The molecule has 0 saturated heterocycles. The van der Waals surface area contributed by atoms with Crippen molar-refractivity contribution in [3.05, 3.63) is 48.6 Å². The Morgan fingerprint density at radius 1 is 0.462 bits per heavy atom. The summed E-state index contributed by atoms with van der Waals surface area (Å²) >= 11 is 0. The van der Waals surface area contributed by atoms with Crippen LogP contribution in [0.3, 0.4) is 0 Å². The van der Waals surface area contributed by atoms with Crippen LogP contribution in [0.15, 0.2) is 48.6 Å². The zero-order chi connectivity index (χ0) is 9.19. The molecular weight excluding hydrogens is 156 g/mol. The lowest BCUT2D eigenvalue weighted by Crippen LogP contribution is -1.66. The highest BCUT2D eigenvalue weighted by molar-refractivity contribution is 5.05. The third-order valence-electron chi connectivity index (χ3n) is 1.99. The van der Waals surface area contributed by atoms with Gasteiger partial charge in [0.25, 0.3) is 0 Å². The van der Waals surface area contributed by atoms with E-state index in [9.17, 15) is 0 Å². The monoisotopic (exact) mass is 174 g/mol. The molecule has 0 saturated carbocycles. The predicted molar refractivity (Wildman–Crippen MR) is 59.6 cm³/mol.